The summed E-state index contributed by atoms with van der Waals surface area (Å²) in [6.45, 7) is 7.53. The van der Waals surface area contributed by atoms with Crippen LogP contribution in [0.1, 0.15) is 33.6 Å². The Bertz CT molecular complexity index is 412. The van der Waals surface area contributed by atoms with Crippen LogP contribution in [0.2, 0.25) is 0 Å². The number of likely N-dealkylation sites (N-methyl/N-ethyl adjacent to an activating group) is 1. The molecule has 1 heterocycles. The number of carbonyl (C=O) groups is 3. The largest absolute Gasteiger partial charge is 0.350 e. The SMILES string of the molecule is CN(CC(=O)NCC(=O)N1CCCC1)CC(=O)NC(C)(C)C. The lowest BCUT2D eigenvalue weighted by molar-refractivity contribution is -0.132. The highest BCUT2D eigenvalue weighted by Gasteiger charge is 2.19. The Morgan fingerprint density at radius 3 is 2.14 bits per heavy atom. The molecule has 1 rings (SSSR count). The minimum Gasteiger partial charge on any atom is -0.350 e. The van der Waals surface area contributed by atoms with Crippen molar-refractivity contribution < 1.29 is 14.4 Å². The predicted molar refractivity (Wildman–Crippen MR) is 84.2 cm³/mol. The number of rotatable bonds is 6. The fourth-order valence-corrected chi connectivity index (χ4v) is 2.31. The monoisotopic (exact) mass is 312 g/mol. The van der Waals surface area contributed by atoms with E-state index in [1.54, 1.807) is 16.8 Å². The number of likely N-dealkylation sites (tertiary alicyclic amines) is 1. The minimum absolute atomic E-state index is 0.0286. The van der Waals surface area contributed by atoms with Crippen molar-refractivity contribution >= 4 is 17.7 Å². The van der Waals surface area contributed by atoms with Gasteiger partial charge < -0.3 is 15.5 Å². The van der Waals surface area contributed by atoms with Crippen LogP contribution in [0.3, 0.4) is 0 Å². The van der Waals surface area contributed by atoms with E-state index in [1.165, 1.54) is 0 Å². The maximum atomic E-state index is 11.8. The maximum Gasteiger partial charge on any atom is 0.241 e. The Balaban J connectivity index is 2.23. The molecule has 0 aromatic carbocycles. The lowest BCUT2D eigenvalue weighted by Crippen LogP contribution is -2.47. The van der Waals surface area contributed by atoms with E-state index in [9.17, 15) is 14.4 Å². The fraction of sp³-hybridized carbons (Fsp3) is 0.800. The van der Waals surface area contributed by atoms with Crippen LogP contribution in [0.15, 0.2) is 0 Å². The second-order valence-electron chi connectivity index (χ2n) is 6.84. The fourth-order valence-electron chi connectivity index (χ4n) is 2.31. The van der Waals surface area contributed by atoms with Gasteiger partial charge in [0.05, 0.1) is 19.6 Å². The summed E-state index contributed by atoms with van der Waals surface area (Å²) in [7, 11) is 1.70. The van der Waals surface area contributed by atoms with Crippen molar-refractivity contribution in [2.75, 3.05) is 39.8 Å². The second kappa shape index (κ2) is 8.12. The van der Waals surface area contributed by atoms with E-state index >= 15 is 0 Å². The summed E-state index contributed by atoms with van der Waals surface area (Å²) < 4.78 is 0. The molecule has 1 aliphatic heterocycles. The van der Waals surface area contributed by atoms with Crippen LogP contribution in [0.4, 0.5) is 0 Å². The zero-order valence-corrected chi connectivity index (χ0v) is 14.1. The van der Waals surface area contributed by atoms with Gasteiger partial charge in [-0.25, -0.2) is 0 Å². The van der Waals surface area contributed by atoms with Gasteiger partial charge in [-0.2, -0.15) is 0 Å². The van der Waals surface area contributed by atoms with Crippen LogP contribution in [-0.2, 0) is 14.4 Å². The molecule has 1 fully saturated rings. The van der Waals surface area contributed by atoms with Gasteiger partial charge in [-0.3, -0.25) is 19.3 Å². The van der Waals surface area contributed by atoms with Gasteiger partial charge in [0.1, 0.15) is 0 Å². The Hall–Kier alpha value is -1.63. The molecule has 1 aliphatic rings. The molecule has 7 nitrogen and oxygen atoms in total. The molecule has 7 heteroatoms. The van der Waals surface area contributed by atoms with E-state index in [-0.39, 0.29) is 42.9 Å². The molecule has 0 aliphatic carbocycles. The average Bonchev–Trinajstić information content (AvgIpc) is 2.86. The highest BCUT2D eigenvalue weighted by molar-refractivity contribution is 5.86. The number of nitrogens with one attached hydrogen (secondary N) is 2. The number of hydrogen-bond donors (Lipinski definition) is 2. The van der Waals surface area contributed by atoms with Crippen molar-refractivity contribution in [3.63, 3.8) is 0 Å². The van der Waals surface area contributed by atoms with Crippen LogP contribution in [0, 0.1) is 0 Å². The smallest absolute Gasteiger partial charge is 0.241 e. The van der Waals surface area contributed by atoms with E-state index in [0.717, 1.165) is 25.9 Å². The normalized spacial score (nSPS) is 15.0. The molecule has 0 radical (unpaired) electrons. The predicted octanol–water partition coefficient (Wildman–Crippen LogP) is -0.428. The first-order chi connectivity index (χ1) is 10.2. The van der Waals surface area contributed by atoms with Gasteiger partial charge in [-0.15, -0.1) is 0 Å². The molecule has 0 aromatic heterocycles. The van der Waals surface area contributed by atoms with Gasteiger partial charge in [0.2, 0.25) is 17.7 Å². The van der Waals surface area contributed by atoms with E-state index in [1.807, 2.05) is 20.8 Å². The van der Waals surface area contributed by atoms with Crippen molar-refractivity contribution in [2.24, 2.45) is 0 Å². The lowest BCUT2D eigenvalue weighted by atomic mass is 10.1. The van der Waals surface area contributed by atoms with Crippen LogP contribution < -0.4 is 10.6 Å². The molecule has 0 aromatic rings. The number of nitrogens with zero attached hydrogens (tertiary/aromatic N) is 2. The molecule has 0 spiro atoms. The van der Waals surface area contributed by atoms with E-state index in [2.05, 4.69) is 10.6 Å². The molecule has 0 atom stereocenters. The molecule has 1 saturated heterocycles. The standard InChI is InChI=1S/C15H28N4O3/c1-15(2,3)17-13(21)11-18(4)10-12(20)16-9-14(22)19-7-5-6-8-19/h5-11H2,1-4H3,(H,16,20)(H,17,21). The van der Waals surface area contributed by atoms with Gasteiger partial charge in [0, 0.05) is 18.6 Å². The van der Waals surface area contributed by atoms with Crippen molar-refractivity contribution in [3.05, 3.63) is 0 Å². The Labute approximate surface area is 132 Å². The molecule has 0 unspecified atom stereocenters. The van der Waals surface area contributed by atoms with Crippen LogP contribution in [0.5, 0.6) is 0 Å². The summed E-state index contributed by atoms with van der Waals surface area (Å²) in [5, 5.41) is 5.45. The quantitative estimate of drug-likeness (QED) is 0.697. The molecular formula is C15H28N4O3. The molecule has 0 saturated carbocycles. The molecule has 22 heavy (non-hydrogen) atoms. The summed E-state index contributed by atoms with van der Waals surface area (Å²) in [4.78, 5) is 38.7. The second-order valence-corrected chi connectivity index (χ2v) is 6.84. The van der Waals surface area contributed by atoms with Crippen LogP contribution in [0.25, 0.3) is 0 Å². The molecule has 2 N–H and O–H groups in total. The Kier molecular flexibility index (Phi) is 6.80. The molecule has 126 valence electrons. The third-order valence-electron chi connectivity index (χ3n) is 3.24. The molecule has 0 bridgehead atoms. The van der Waals surface area contributed by atoms with Crippen molar-refractivity contribution in [3.8, 4) is 0 Å². The van der Waals surface area contributed by atoms with E-state index in [4.69, 9.17) is 0 Å². The molecule has 3 amide bonds. The number of hydrogen-bond acceptors (Lipinski definition) is 4. The first kappa shape index (κ1) is 18.4. The van der Waals surface area contributed by atoms with Gasteiger partial charge >= 0.3 is 0 Å². The molecular weight excluding hydrogens is 284 g/mol. The highest BCUT2D eigenvalue weighted by atomic mass is 16.2. The first-order valence-corrected chi connectivity index (χ1v) is 7.71. The summed E-state index contributed by atoms with van der Waals surface area (Å²) in [6, 6.07) is 0. The average molecular weight is 312 g/mol. The highest BCUT2D eigenvalue weighted by Crippen LogP contribution is 2.06. The zero-order valence-electron chi connectivity index (χ0n) is 14.1. The van der Waals surface area contributed by atoms with Crippen molar-refractivity contribution in [1.29, 1.82) is 0 Å². The topological polar surface area (TPSA) is 81.8 Å². The minimum atomic E-state index is -0.289. The van der Waals surface area contributed by atoms with Gasteiger partial charge in [0.25, 0.3) is 0 Å². The Morgan fingerprint density at radius 1 is 1.05 bits per heavy atom. The van der Waals surface area contributed by atoms with Crippen LogP contribution >= 0.6 is 0 Å². The summed E-state index contributed by atoms with van der Waals surface area (Å²) in [5.41, 5.74) is -0.289. The van der Waals surface area contributed by atoms with E-state index in [0.29, 0.717) is 0 Å². The van der Waals surface area contributed by atoms with Gasteiger partial charge in [0.15, 0.2) is 0 Å². The van der Waals surface area contributed by atoms with Crippen LogP contribution in [-0.4, -0.2) is 72.8 Å². The van der Waals surface area contributed by atoms with Crippen molar-refractivity contribution in [2.45, 2.75) is 39.2 Å². The number of amides is 3. The first-order valence-electron chi connectivity index (χ1n) is 7.71. The zero-order chi connectivity index (χ0) is 16.8. The van der Waals surface area contributed by atoms with Gasteiger partial charge in [-0.05, 0) is 40.7 Å². The third-order valence-corrected chi connectivity index (χ3v) is 3.24. The Morgan fingerprint density at radius 2 is 1.59 bits per heavy atom. The van der Waals surface area contributed by atoms with Crippen molar-refractivity contribution in [1.82, 2.24) is 20.4 Å². The van der Waals surface area contributed by atoms with Gasteiger partial charge in [-0.1, -0.05) is 0 Å². The lowest BCUT2D eigenvalue weighted by Gasteiger charge is -2.23. The maximum absolute atomic E-state index is 11.8. The summed E-state index contributed by atoms with van der Waals surface area (Å²) in [5.74, 6) is -0.423. The third kappa shape index (κ3) is 7.40. The summed E-state index contributed by atoms with van der Waals surface area (Å²) in [6.07, 6.45) is 2.07. The number of carbonyl (C=O) groups excluding carboxylic acids is 3. The summed E-state index contributed by atoms with van der Waals surface area (Å²) >= 11 is 0. The van der Waals surface area contributed by atoms with E-state index < -0.39 is 0 Å².